The Morgan fingerprint density at radius 3 is 2.51 bits per heavy atom. The number of nitrogens with zero attached hydrogens (tertiary/aromatic N) is 3. The zero-order valence-corrected chi connectivity index (χ0v) is 20.2. The second-order valence-electron chi connectivity index (χ2n) is 8.54. The number of aromatic nitrogens is 5. The minimum Gasteiger partial charge on any atom is -0.457 e. The molecule has 0 amide bonds. The molecule has 0 bridgehead atoms. The van der Waals surface area contributed by atoms with Gasteiger partial charge in [-0.1, -0.05) is 50.6 Å². The van der Waals surface area contributed by atoms with Gasteiger partial charge in [0.05, 0.1) is 6.42 Å². The molecule has 0 radical (unpaired) electrons. The number of imidazole rings is 1. The molecule has 9 heteroatoms. The first-order chi connectivity index (χ1) is 17.0. The van der Waals surface area contributed by atoms with Crippen molar-refractivity contribution in [3.63, 3.8) is 0 Å². The van der Waals surface area contributed by atoms with E-state index in [2.05, 4.69) is 15.0 Å². The van der Waals surface area contributed by atoms with E-state index in [0.717, 1.165) is 36.2 Å². The largest absolute Gasteiger partial charge is 0.457 e. The van der Waals surface area contributed by atoms with Crippen molar-refractivity contribution in [1.29, 1.82) is 0 Å². The molecule has 2 N–H and O–H groups in total. The summed E-state index contributed by atoms with van der Waals surface area (Å²) in [4.78, 5) is 47.8. The number of benzene rings is 1. The molecular formula is C26H31N5O4. The van der Waals surface area contributed by atoms with Gasteiger partial charge >= 0.3 is 11.7 Å². The Kier molecular flexibility index (Phi) is 7.64. The topological polar surface area (TPSA) is 115 Å². The van der Waals surface area contributed by atoms with E-state index in [4.69, 9.17) is 4.74 Å². The van der Waals surface area contributed by atoms with E-state index in [1.54, 1.807) is 4.57 Å². The smallest absolute Gasteiger partial charge is 0.330 e. The summed E-state index contributed by atoms with van der Waals surface area (Å²) >= 11 is 0. The van der Waals surface area contributed by atoms with Crippen molar-refractivity contribution in [3.8, 4) is 11.3 Å². The zero-order chi connectivity index (χ0) is 24.8. The maximum Gasteiger partial charge on any atom is 0.330 e. The van der Waals surface area contributed by atoms with Gasteiger partial charge in [0, 0.05) is 24.5 Å². The zero-order valence-electron chi connectivity index (χ0n) is 20.2. The number of carbonyl (C=O) groups excluding carboxylic acids is 1. The summed E-state index contributed by atoms with van der Waals surface area (Å²) in [6.45, 7) is 4.96. The molecule has 0 saturated heterocycles. The maximum absolute atomic E-state index is 12.6. The molecule has 3 heterocycles. The van der Waals surface area contributed by atoms with Gasteiger partial charge in [-0.15, -0.1) is 0 Å². The Labute approximate surface area is 202 Å². The molecule has 0 saturated carbocycles. The van der Waals surface area contributed by atoms with Crippen molar-refractivity contribution in [1.82, 2.24) is 24.1 Å². The Morgan fingerprint density at radius 2 is 1.77 bits per heavy atom. The number of rotatable bonds is 11. The number of unbranched alkanes of at least 4 members (excludes halogenated alkanes) is 1. The summed E-state index contributed by atoms with van der Waals surface area (Å²) in [6, 6.07) is 14.0. The minimum atomic E-state index is -0.475. The van der Waals surface area contributed by atoms with Crippen molar-refractivity contribution in [3.05, 3.63) is 74.8 Å². The van der Waals surface area contributed by atoms with E-state index in [1.165, 1.54) is 4.57 Å². The molecule has 0 atom stereocenters. The molecule has 1 aromatic carbocycles. The molecule has 3 aromatic heterocycles. The summed E-state index contributed by atoms with van der Waals surface area (Å²) < 4.78 is 8.76. The molecule has 184 valence electrons. The number of hydrogen-bond donors (Lipinski definition) is 2. The number of H-pyrrole nitrogens is 2. The van der Waals surface area contributed by atoms with E-state index in [9.17, 15) is 14.4 Å². The Bertz CT molecular complexity index is 1410. The van der Waals surface area contributed by atoms with Gasteiger partial charge in [0.1, 0.15) is 12.4 Å². The van der Waals surface area contributed by atoms with Crippen molar-refractivity contribution < 1.29 is 9.53 Å². The first-order valence-electron chi connectivity index (χ1n) is 12.1. The van der Waals surface area contributed by atoms with Crippen LogP contribution in [0.1, 0.15) is 51.0 Å². The van der Waals surface area contributed by atoms with Gasteiger partial charge in [-0.2, -0.15) is 0 Å². The van der Waals surface area contributed by atoms with Gasteiger partial charge in [-0.05, 0) is 37.0 Å². The van der Waals surface area contributed by atoms with E-state index >= 15 is 0 Å². The monoisotopic (exact) mass is 477 g/mol. The number of carbonyl (C=O) groups is 1. The third-order valence-electron chi connectivity index (χ3n) is 5.94. The third kappa shape index (κ3) is 5.45. The SMILES string of the molecule is CCCCn1c(=O)[nH]c(=O)c2c1nc(COC(=O)CCc1ccc(-c3ccccc3)[nH]1)n2CCC. The molecule has 0 aliphatic heterocycles. The molecule has 35 heavy (non-hydrogen) atoms. The second kappa shape index (κ2) is 11.0. The van der Waals surface area contributed by atoms with E-state index in [-0.39, 0.29) is 19.0 Å². The molecule has 9 nitrogen and oxygen atoms in total. The molecule has 0 spiro atoms. The normalized spacial score (nSPS) is 11.3. The van der Waals surface area contributed by atoms with E-state index < -0.39 is 11.2 Å². The predicted octanol–water partition coefficient (Wildman–Crippen LogP) is 3.77. The highest BCUT2D eigenvalue weighted by Gasteiger charge is 2.19. The fraction of sp³-hybridized carbons (Fsp3) is 0.385. The fourth-order valence-corrected chi connectivity index (χ4v) is 4.14. The van der Waals surface area contributed by atoms with Crippen LogP contribution >= 0.6 is 0 Å². The van der Waals surface area contributed by atoms with E-state index in [0.29, 0.717) is 36.5 Å². The molecule has 0 aliphatic rings. The van der Waals surface area contributed by atoms with Crippen molar-refractivity contribution in [2.24, 2.45) is 0 Å². The summed E-state index contributed by atoms with van der Waals surface area (Å²) in [5.41, 5.74) is 2.77. The average molecular weight is 478 g/mol. The van der Waals surface area contributed by atoms with Crippen LogP contribution in [0.2, 0.25) is 0 Å². The Balaban J connectivity index is 1.46. The lowest BCUT2D eigenvalue weighted by Crippen LogP contribution is -2.31. The lowest BCUT2D eigenvalue weighted by Gasteiger charge is -2.08. The number of esters is 1. The highest BCUT2D eigenvalue weighted by atomic mass is 16.5. The quantitative estimate of drug-likeness (QED) is 0.319. The van der Waals surface area contributed by atoms with Gasteiger partial charge in [0.15, 0.2) is 11.2 Å². The first kappa shape index (κ1) is 24.3. The highest BCUT2D eigenvalue weighted by Crippen LogP contribution is 2.19. The van der Waals surface area contributed by atoms with Crippen LogP contribution in [-0.2, 0) is 35.6 Å². The van der Waals surface area contributed by atoms with Crippen LogP contribution in [0.5, 0.6) is 0 Å². The first-order valence-corrected chi connectivity index (χ1v) is 12.1. The lowest BCUT2D eigenvalue weighted by molar-refractivity contribution is -0.145. The van der Waals surface area contributed by atoms with Crippen molar-refractivity contribution in [2.45, 2.75) is 65.6 Å². The average Bonchev–Trinajstić information content (AvgIpc) is 3.47. The molecule has 0 fully saturated rings. The molecule has 0 unspecified atom stereocenters. The van der Waals surface area contributed by atoms with Crippen LogP contribution in [0.15, 0.2) is 52.1 Å². The van der Waals surface area contributed by atoms with Gasteiger partial charge in [-0.25, -0.2) is 9.78 Å². The van der Waals surface area contributed by atoms with Crippen LogP contribution < -0.4 is 11.2 Å². The van der Waals surface area contributed by atoms with Crippen molar-refractivity contribution in [2.75, 3.05) is 0 Å². The maximum atomic E-state index is 12.6. The van der Waals surface area contributed by atoms with Crippen LogP contribution in [0.3, 0.4) is 0 Å². The summed E-state index contributed by atoms with van der Waals surface area (Å²) in [5.74, 6) is 0.107. The molecular weight excluding hydrogens is 446 g/mol. The predicted molar refractivity (Wildman–Crippen MR) is 134 cm³/mol. The van der Waals surface area contributed by atoms with Gasteiger partial charge in [0.2, 0.25) is 0 Å². The number of aromatic amines is 2. The standard InChI is InChI=1S/C26H31N5O4/c1-3-5-16-31-24-23(25(33)29-26(31)34)30(15-4-2)21(28-24)17-35-22(32)14-12-19-11-13-20(27-19)18-9-7-6-8-10-18/h6-11,13,27H,3-5,12,14-17H2,1-2H3,(H,29,33,34). The van der Waals surface area contributed by atoms with E-state index in [1.807, 2.05) is 56.3 Å². The Morgan fingerprint density at radius 1 is 0.971 bits per heavy atom. The lowest BCUT2D eigenvalue weighted by atomic mass is 10.2. The minimum absolute atomic E-state index is 0.0606. The summed E-state index contributed by atoms with van der Waals surface area (Å²) in [6.07, 6.45) is 3.19. The van der Waals surface area contributed by atoms with Crippen LogP contribution in [0.4, 0.5) is 0 Å². The van der Waals surface area contributed by atoms with Gasteiger partial charge < -0.3 is 14.3 Å². The van der Waals surface area contributed by atoms with Gasteiger partial charge in [0.25, 0.3) is 5.56 Å². The number of fused-ring (bicyclic) bond motifs is 1. The second-order valence-corrected chi connectivity index (χ2v) is 8.54. The van der Waals surface area contributed by atoms with Crippen LogP contribution in [-0.4, -0.2) is 30.1 Å². The number of aryl methyl sites for hydroxylation is 3. The third-order valence-corrected chi connectivity index (χ3v) is 5.94. The van der Waals surface area contributed by atoms with Crippen LogP contribution in [0, 0.1) is 0 Å². The molecule has 4 rings (SSSR count). The molecule has 0 aliphatic carbocycles. The Hall–Kier alpha value is -3.88. The summed E-state index contributed by atoms with van der Waals surface area (Å²) in [5, 5.41) is 0. The van der Waals surface area contributed by atoms with Crippen molar-refractivity contribution >= 4 is 17.1 Å². The van der Waals surface area contributed by atoms with Gasteiger partial charge in [-0.3, -0.25) is 19.1 Å². The fourth-order valence-electron chi connectivity index (χ4n) is 4.14. The highest BCUT2D eigenvalue weighted by molar-refractivity contribution is 5.72. The number of hydrogen-bond acceptors (Lipinski definition) is 5. The number of nitrogens with one attached hydrogen (secondary N) is 2. The van der Waals surface area contributed by atoms with Crippen LogP contribution in [0.25, 0.3) is 22.4 Å². The molecule has 4 aromatic rings. The number of ether oxygens (including phenoxy) is 1. The summed E-state index contributed by atoms with van der Waals surface area (Å²) in [7, 11) is 0.